The van der Waals surface area contributed by atoms with Crippen LogP contribution in [0.2, 0.25) is 0 Å². The van der Waals surface area contributed by atoms with Gasteiger partial charge in [0, 0.05) is 12.6 Å². The lowest BCUT2D eigenvalue weighted by molar-refractivity contribution is 0.507. The lowest BCUT2D eigenvalue weighted by Crippen LogP contribution is -2.44. The minimum atomic E-state index is -2.91. The van der Waals surface area contributed by atoms with E-state index in [4.69, 9.17) is 0 Å². The smallest absolute Gasteiger partial charge is 0.191 e. The number of aliphatic imine (C=N–C) groups is 1. The van der Waals surface area contributed by atoms with Gasteiger partial charge in [-0.3, -0.25) is 0 Å². The third kappa shape index (κ3) is 6.85. The molecule has 1 aliphatic carbocycles. The third-order valence-corrected chi connectivity index (χ3v) is 6.82. The summed E-state index contributed by atoms with van der Waals surface area (Å²) in [6.45, 7) is 0.762. The van der Waals surface area contributed by atoms with Crippen molar-refractivity contribution in [2.45, 2.75) is 44.7 Å². The predicted octanol–water partition coefficient (Wildman–Crippen LogP) is 3.00. The van der Waals surface area contributed by atoms with Crippen molar-refractivity contribution in [3.8, 4) is 0 Å². The van der Waals surface area contributed by atoms with E-state index in [2.05, 4.69) is 15.6 Å². The molecule has 2 N–H and O–H groups in total. The topological polar surface area (TPSA) is 70.6 Å². The predicted molar refractivity (Wildman–Crippen MR) is 113 cm³/mol. The maximum absolute atomic E-state index is 13.3. The van der Waals surface area contributed by atoms with Crippen molar-refractivity contribution in [2.24, 2.45) is 10.9 Å². The van der Waals surface area contributed by atoms with E-state index >= 15 is 0 Å². The van der Waals surface area contributed by atoms with Crippen molar-refractivity contribution in [1.82, 2.24) is 10.6 Å². The molecule has 5 nitrogen and oxygen atoms in total. The summed E-state index contributed by atoms with van der Waals surface area (Å²) in [4.78, 5) is 4.48. The van der Waals surface area contributed by atoms with Gasteiger partial charge >= 0.3 is 0 Å². The molecule has 1 saturated carbocycles. The number of halogens is 3. The minimum absolute atomic E-state index is 0. The number of hydrogen-bond acceptors (Lipinski definition) is 3. The number of nitrogens with zero attached hydrogens (tertiary/aromatic N) is 1. The van der Waals surface area contributed by atoms with Gasteiger partial charge in [0.15, 0.2) is 27.4 Å². The van der Waals surface area contributed by atoms with Crippen LogP contribution in [0, 0.1) is 17.6 Å². The summed E-state index contributed by atoms with van der Waals surface area (Å²) in [6.07, 6.45) is 5.16. The Morgan fingerprint density at radius 1 is 1.15 bits per heavy atom. The van der Waals surface area contributed by atoms with Gasteiger partial charge in [-0.25, -0.2) is 22.2 Å². The van der Waals surface area contributed by atoms with Crippen molar-refractivity contribution in [3.05, 3.63) is 35.4 Å². The van der Waals surface area contributed by atoms with E-state index in [9.17, 15) is 17.2 Å². The van der Waals surface area contributed by atoms with Crippen LogP contribution in [0.4, 0.5) is 8.78 Å². The maximum atomic E-state index is 13.3. The number of hydrogen-bond donors (Lipinski definition) is 2. The highest BCUT2D eigenvalue weighted by atomic mass is 127. The standard InChI is InChI=1S/C18H25F2N3O2S.HI/c19-16-6-5-13(9-17(16)20)10-21-18(23-15-3-1-2-4-15)22-11-14-7-8-26(24,25)12-14;/h5-6,9,14-15H,1-4,7-8,10-12H2,(H2,21,22,23);1H. The normalized spacial score (nSPS) is 22.4. The molecule has 9 heteroatoms. The van der Waals surface area contributed by atoms with Gasteiger partial charge in [0.05, 0.1) is 18.1 Å². The number of sulfone groups is 1. The Hall–Kier alpha value is -0.970. The summed E-state index contributed by atoms with van der Waals surface area (Å²) in [5, 5.41) is 6.61. The maximum Gasteiger partial charge on any atom is 0.191 e. The Morgan fingerprint density at radius 3 is 2.52 bits per heavy atom. The first-order valence-electron chi connectivity index (χ1n) is 9.10. The molecular weight excluding hydrogens is 487 g/mol. The molecule has 0 bridgehead atoms. The van der Waals surface area contributed by atoms with Crippen molar-refractivity contribution < 1.29 is 17.2 Å². The van der Waals surface area contributed by atoms with Gasteiger partial charge in [-0.05, 0) is 42.9 Å². The van der Waals surface area contributed by atoms with Gasteiger partial charge in [0.1, 0.15) is 0 Å². The van der Waals surface area contributed by atoms with Crippen LogP contribution in [0.1, 0.15) is 37.7 Å². The van der Waals surface area contributed by atoms with Crippen molar-refractivity contribution in [1.29, 1.82) is 0 Å². The highest BCUT2D eigenvalue weighted by molar-refractivity contribution is 14.0. The lowest BCUT2D eigenvalue weighted by atomic mass is 10.1. The number of guanidine groups is 1. The fourth-order valence-electron chi connectivity index (χ4n) is 3.50. The molecule has 2 aliphatic rings. The Morgan fingerprint density at radius 2 is 1.89 bits per heavy atom. The zero-order valence-corrected chi connectivity index (χ0v) is 18.2. The summed E-state index contributed by atoms with van der Waals surface area (Å²) in [7, 11) is -2.91. The summed E-state index contributed by atoms with van der Waals surface area (Å²) >= 11 is 0. The average molecular weight is 513 g/mol. The van der Waals surface area contributed by atoms with Gasteiger partial charge in [0.25, 0.3) is 0 Å². The van der Waals surface area contributed by atoms with Crippen LogP contribution in [0.5, 0.6) is 0 Å². The van der Waals surface area contributed by atoms with E-state index < -0.39 is 21.5 Å². The number of benzene rings is 1. The molecule has 1 aliphatic heterocycles. The van der Waals surface area contributed by atoms with Crippen LogP contribution in [-0.2, 0) is 16.4 Å². The molecule has 0 amide bonds. The minimum Gasteiger partial charge on any atom is -0.356 e. The average Bonchev–Trinajstić information content (AvgIpc) is 3.22. The number of nitrogens with one attached hydrogen (secondary N) is 2. The first-order valence-corrected chi connectivity index (χ1v) is 10.9. The van der Waals surface area contributed by atoms with Crippen LogP contribution in [0.15, 0.2) is 23.2 Å². The monoisotopic (exact) mass is 513 g/mol. The molecule has 152 valence electrons. The van der Waals surface area contributed by atoms with Crippen LogP contribution < -0.4 is 10.6 Å². The van der Waals surface area contributed by atoms with Gasteiger partial charge in [0.2, 0.25) is 0 Å². The molecule has 1 heterocycles. The van der Waals surface area contributed by atoms with Gasteiger partial charge in [-0.15, -0.1) is 24.0 Å². The molecule has 2 fully saturated rings. The molecule has 1 aromatic rings. The summed E-state index contributed by atoms with van der Waals surface area (Å²) < 4.78 is 49.6. The summed E-state index contributed by atoms with van der Waals surface area (Å²) in [5.74, 6) is -0.615. The molecule has 1 saturated heterocycles. The Balaban J connectivity index is 0.00000261. The molecular formula is C18H26F2IN3O2S. The summed E-state index contributed by atoms with van der Waals surface area (Å²) in [5.41, 5.74) is 0.583. The zero-order valence-electron chi connectivity index (χ0n) is 15.1. The van der Waals surface area contributed by atoms with E-state index in [1.807, 2.05) is 0 Å². The van der Waals surface area contributed by atoms with E-state index in [0.717, 1.165) is 25.0 Å². The quantitative estimate of drug-likeness (QED) is 0.361. The van der Waals surface area contributed by atoms with Crippen molar-refractivity contribution in [2.75, 3.05) is 18.1 Å². The van der Waals surface area contributed by atoms with Gasteiger partial charge in [-0.1, -0.05) is 18.9 Å². The Bertz CT molecular complexity index is 768. The fraction of sp³-hybridized carbons (Fsp3) is 0.611. The van der Waals surface area contributed by atoms with E-state index in [0.29, 0.717) is 30.5 Å². The van der Waals surface area contributed by atoms with Crippen LogP contribution in [0.3, 0.4) is 0 Å². The zero-order chi connectivity index (χ0) is 18.6. The summed E-state index contributed by atoms with van der Waals surface area (Å²) in [6, 6.07) is 4.11. The van der Waals surface area contributed by atoms with Gasteiger partial charge < -0.3 is 10.6 Å². The van der Waals surface area contributed by atoms with Crippen molar-refractivity contribution >= 4 is 39.8 Å². The lowest BCUT2D eigenvalue weighted by Gasteiger charge is -2.19. The van der Waals surface area contributed by atoms with E-state index in [1.54, 1.807) is 0 Å². The highest BCUT2D eigenvalue weighted by Gasteiger charge is 2.28. The molecule has 0 spiro atoms. The second-order valence-corrected chi connectivity index (χ2v) is 9.42. The molecule has 0 radical (unpaired) electrons. The molecule has 27 heavy (non-hydrogen) atoms. The van der Waals surface area contributed by atoms with Crippen LogP contribution in [0.25, 0.3) is 0 Å². The first kappa shape index (κ1) is 22.3. The van der Waals surface area contributed by atoms with E-state index in [-0.39, 0.29) is 47.9 Å². The third-order valence-electron chi connectivity index (χ3n) is 4.98. The highest BCUT2D eigenvalue weighted by Crippen LogP contribution is 2.19. The molecule has 1 aromatic carbocycles. The van der Waals surface area contributed by atoms with Crippen molar-refractivity contribution in [3.63, 3.8) is 0 Å². The molecule has 3 rings (SSSR count). The molecule has 0 aromatic heterocycles. The number of rotatable bonds is 5. The SMILES string of the molecule is I.O=S1(=O)CCC(CNC(=NCc2ccc(F)c(F)c2)NC2CCCC2)C1. The fourth-order valence-corrected chi connectivity index (χ4v) is 5.36. The molecule has 1 unspecified atom stereocenters. The Labute approximate surface area is 176 Å². The van der Waals surface area contributed by atoms with Crippen LogP contribution >= 0.6 is 24.0 Å². The largest absolute Gasteiger partial charge is 0.356 e. The first-order chi connectivity index (χ1) is 12.4. The molecule has 1 atom stereocenters. The Kier molecular flexibility index (Phi) is 8.26. The second-order valence-electron chi connectivity index (χ2n) is 7.19. The van der Waals surface area contributed by atoms with E-state index in [1.165, 1.54) is 18.9 Å². The van der Waals surface area contributed by atoms with Gasteiger partial charge in [-0.2, -0.15) is 0 Å². The second kappa shape index (κ2) is 9.99. The van der Waals surface area contributed by atoms with Crippen LogP contribution in [-0.4, -0.2) is 38.5 Å².